The molecule has 1 N–H and O–H groups in total. The van der Waals surface area contributed by atoms with Crippen molar-refractivity contribution < 1.29 is 9.59 Å². The summed E-state index contributed by atoms with van der Waals surface area (Å²) in [6.45, 7) is 1.99. The van der Waals surface area contributed by atoms with E-state index in [9.17, 15) is 9.59 Å². The Balaban J connectivity index is 1.60. The number of nitrogens with zero attached hydrogens (tertiary/aromatic N) is 2. The summed E-state index contributed by atoms with van der Waals surface area (Å²) < 4.78 is 0. The van der Waals surface area contributed by atoms with Crippen LogP contribution in [-0.2, 0) is 10.5 Å². The molecule has 0 aliphatic carbocycles. The highest BCUT2D eigenvalue weighted by molar-refractivity contribution is 7.98. The van der Waals surface area contributed by atoms with Crippen LogP contribution in [0.2, 0.25) is 0 Å². The third-order valence-corrected chi connectivity index (χ3v) is 5.44. The average Bonchev–Trinajstić information content (AvgIpc) is 2.64. The fraction of sp³-hybridized carbons (Fsp3) is 0.579. The van der Waals surface area contributed by atoms with Crippen molar-refractivity contribution in [3.8, 4) is 0 Å². The lowest BCUT2D eigenvalue weighted by Crippen LogP contribution is -2.48. The van der Waals surface area contributed by atoms with E-state index in [1.165, 1.54) is 5.56 Å². The molecule has 1 aromatic carbocycles. The minimum atomic E-state index is -0.0744. The summed E-state index contributed by atoms with van der Waals surface area (Å²) >= 11 is 1.89. The zero-order valence-electron chi connectivity index (χ0n) is 15.2. The van der Waals surface area contributed by atoms with Crippen molar-refractivity contribution in [3.05, 3.63) is 35.9 Å². The fourth-order valence-electron chi connectivity index (χ4n) is 2.94. The van der Waals surface area contributed by atoms with E-state index in [0.29, 0.717) is 13.1 Å². The van der Waals surface area contributed by atoms with Crippen LogP contribution in [0, 0.1) is 5.92 Å². The van der Waals surface area contributed by atoms with Gasteiger partial charge in [0, 0.05) is 39.5 Å². The van der Waals surface area contributed by atoms with Crippen molar-refractivity contribution in [1.82, 2.24) is 15.1 Å². The van der Waals surface area contributed by atoms with E-state index in [1.54, 1.807) is 23.9 Å². The largest absolute Gasteiger partial charge is 0.356 e. The quantitative estimate of drug-likeness (QED) is 0.758. The number of piperidine rings is 1. The van der Waals surface area contributed by atoms with Gasteiger partial charge >= 0.3 is 6.03 Å². The zero-order valence-corrected chi connectivity index (χ0v) is 16.1. The van der Waals surface area contributed by atoms with Gasteiger partial charge in [-0.25, -0.2) is 4.79 Å². The van der Waals surface area contributed by atoms with Gasteiger partial charge in [-0.3, -0.25) is 4.79 Å². The maximum atomic E-state index is 12.3. The van der Waals surface area contributed by atoms with E-state index in [2.05, 4.69) is 29.6 Å². The zero-order chi connectivity index (χ0) is 18.1. The Morgan fingerprint density at radius 1 is 1.28 bits per heavy atom. The van der Waals surface area contributed by atoms with Crippen LogP contribution in [0.3, 0.4) is 0 Å². The SMILES string of the molecule is CN(C)C(=O)N1CCCC(C(=O)NCCCSCc2ccccc2)C1. The highest BCUT2D eigenvalue weighted by Crippen LogP contribution is 2.18. The van der Waals surface area contributed by atoms with Crippen LogP contribution < -0.4 is 5.32 Å². The molecule has 3 amide bonds. The van der Waals surface area contributed by atoms with Gasteiger partial charge in [0.2, 0.25) is 5.91 Å². The number of urea groups is 1. The summed E-state index contributed by atoms with van der Waals surface area (Å²) in [6.07, 6.45) is 2.73. The molecule has 1 fully saturated rings. The van der Waals surface area contributed by atoms with Crippen molar-refractivity contribution in [1.29, 1.82) is 0 Å². The van der Waals surface area contributed by atoms with Gasteiger partial charge in [0.1, 0.15) is 0 Å². The van der Waals surface area contributed by atoms with Crippen LogP contribution in [-0.4, -0.2) is 61.2 Å². The molecule has 0 radical (unpaired) electrons. The normalized spacial score (nSPS) is 17.2. The Morgan fingerprint density at radius 3 is 2.76 bits per heavy atom. The minimum absolute atomic E-state index is 0.00480. The van der Waals surface area contributed by atoms with Crippen LogP contribution in [0.4, 0.5) is 4.79 Å². The molecule has 1 aliphatic rings. The summed E-state index contributed by atoms with van der Waals surface area (Å²) in [6, 6.07) is 10.4. The summed E-state index contributed by atoms with van der Waals surface area (Å²) in [4.78, 5) is 27.7. The molecule has 1 aliphatic heterocycles. The Bertz CT molecular complexity index is 551. The smallest absolute Gasteiger partial charge is 0.319 e. The van der Waals surface area contributed by atoms with Crippen LogP contribution in [0.1, 0.15) is 24.8 Å². The lowest BCUT2D eigenvalue weighted by molar-refractivity contribution is -0.126. The molecule has 1 aromatic rings. The van der Waals surface area contributed by atoms with E-state index < -0.39 is 0 Å². The van der Waals surface area contributed by atoms with Gasteiger partial charge in [0.05, 0.1) is 5.92 Å². The number of carbonyl (C=O) groups excluding carboxylic acids is 2. The molecule has 1 saturated heterocycles. The van der Waals surface area contributed by atoms with E-state index in [0.717, 1.165) is 37.3 Å². The molecule has 5 nitrogen and oxygen atoms in total. The van der Waals surface area contributed by atoms with Gasteiger partial charge in [-0.2, -0.15) is 11.8 Å². The number of nitrogens with one attached hydrogen (secondary N) is 1. The van der Waals surface area contributed by atoms with Crippen LogP contribution in [0.25, 0.3) is 0 Å². The average molecular weight is 364 g/mol. The maximum absolute atomic E-state index is 12.3. The molecule has 1 unspecified atom stereocenters. The molecule has 138 valence electrons. The van der Waals surface area contributed by atoms with Crippen molar-refractivity contribution in [2.24, 2.45) is 5.92 Å². The lowest BCUT2D eigenvalue weighted by Gasteiger charge is -2.33. The van der Waals surface area contributed by atoms with Crippen molar-refractivity contribution in [2.75, 3.05) is 39.5 Å². The summed E-state index contributed by atoms with van der Waals surface area (Å²) in [5.74, 6) is 2.06. The number of hydrogen-bond acceptors (Lipinski definition) is 3. The molecular formula is C19H29N3O2S. The third kappa shape index (κ3) is 6.61. The summed E-state index contributed by atoms with van der Waals surface area (Å²) in [5.41, 5.74) is 1.34. The van der Waals surface area contributed by atoms with E-state index in [4.69, 9.17) is 0 Å². The molecule has 0 bridgehead atoms. The Kier molecular flexibility index (Phi) is 8.12. The van der Waals surface area contributed by atoms with Crippen molar-refractivity contribution in [3.63, 3.8) is 0 Å². The summed E-state index contributed by atoms with van der Waals surface area (Å²) in [7, 11) is 3.50. The molecular weight excluding hydrogens is 334 g/mol. The van der Waals surface area contributed by atoms with Gasteiger partial charge in [-0.1, -0.05) is 30.3 Å². The first kappa shape index (κ1) is 19.6. The number of hydrogen-bond donors (Lipinski definition) is 1. The highest BCUT2D eigenvalue weighted by Gasteiger charge is 2.28. The van der Waals surface area contributed by atoms with Crippen LogP contribution in [0.15, 0.2) is 30.3 Å². The Labute approximate surface area is 155 Å². The maximum Gasteiger partial charge on any atom is 0.319 e. The molecule has 0 spiro atoms. The molecule has 0 aromatic heterocycles. The monoisotopic (exact) mass is 363 g/mol. The van der Waals surface area contributed by atoms with E-state index in [1.807, 2.05) is 17.8 Å². The topological polar surface area (TPSA) is 52.7 Å². The third-order valence-electron chi connectivity index (χ3n) is 4.32. The molecule has 6 heteroatoms. The molecule has 1 heterocycles. The summed E-state index contributed by atoms with van der Waals surface area (Å²) in [5, 5.41) is 3.04. The number of rotatable bonds is 7. The minimum Gasteiger partial charge on any atom is -0.356 e. The second-order valence-electron chi connectivity index (χ2n) is 6.64. The number of thioether (sulfide) groups is 1. The molecule has 2 rings (SSSR count). The Morgan fingerprint density at radius 2 is 2.04 bits per heavy atom. The standard InChI is InChI=1S/C19H29N3O2S/c1-21(2)19(24)22-12-6-10-17(14-22)18(23)20-11-7-13-25-15-16-8-4-3-5-9-16/h3-5,8-9,17H,6-7,10-15H2,1-2H3,(H,20,23). The predicted octanol–water partition coefficient (Wildman–Crippen LogP) is 2.82. The Hall–Kier alpha value is -1.69. The second kappa shape index (κ2) is 10.3. The van der Waals surface area contributed by atoms with Gasteiger partial charge < -0.3 is 15.1 Å². The van der Waals surface area contributed by atoms with E-state index >= 15 is 0 Å². The van der Waals surface area contributed by atoms with Crippen LogP contribution in [0.5, 0.6) is 0 Å². The van der Waals surface area contributed by atoms with E-state index in [-0.39, 0.29) is 17.9 Å². The van der Waals surface area contributed by atoms with Gasteiger partial charge in [-0.15, -0.1) is 0 Å². The van der Waals surface area contributed by atoms with Crippen molar-refractivity contribution >= 4 is 23.7 Å². The highest BCUT2D eigenvalue weighted by atomic mass is 32.2. The molecule has 1 atom stereocenters. The first-order chi connectivity index (χ1) is 12.1. The van der Waals surface area contributed by atoms with Gasteiger partial charge in [0.25, 0.3) is 0 Å². The number of amides is 3. The second-order valence-corrected chi connectivity index (χ2v) is 7.75. The van der Waals surface area contributed by atoms with Crippen LogP contribution >= 0.6 is 11.8 Å². The number of carbonyl (C=O) groups is 2. The van der Waals surface area contributed by atoms with Crippen molar-refractivity contribution in [2.45, 2.75) is 25.0 Å². The first-order valence-electron chi connectivity index (χ1n) is 8.93. The van der Waals surface area contributed by atoms with Gasteiger partial charge in [-0.05, 0) is 30.6 Å². The number of likely N-dealkylation sites (tertiary alicyclic amines) is 1. The van der Waals surface area contributed by atoms with Gasteiger partial charge in [0.15, 0.2) is 0 Å². The lowest BCUT2D eigenvalue weighted by atomic mass is 9.97. The predicted molar refractivity (Wildman–Crippen MR) is 104 cm³/mol. The molecule has 0 saturated carbocycles. The molecule has 25 heavy (non-hydrogen) atoms. The first-order valence-corrected chi connectivity index (χ1v) is 10.1. The number of benzene rings is 1. The fourth-order valence-corrected chi connectivity index (χ4v) is 3.86.